The molecule has 0 fully saturated rings. The summed E-state index contributed by atoms with van der Waals surface area (Å²) in [6.45, 7) is 0. The fourth-order valence-electron chi connectivity index (χ4n) is 0. The molecule has 0 amide bonds. The van der Waals surface area contributed by atoms with Gasteiger partial charge in [-0.2, -0.15) is 9.59 Å². The first-order chi connectivity index (χ1) is 2.41. The highest BCUT2D eigenvalue weighted by Crippen LogP contribution is 0.787. The van der Waals surface area contributed by atoms with E-state index in [0.717, 1.165) is 7.11 Å². The minimum atomic E-state index is 0. The Morgan fingerprint density at radius 1 is 1.33 bits per heavy atom. The van der Waals surface area contributed by atoms with Crippen LogP contribution in [-0.2, 0) is 9.59 Å². The van der Waals surface area contributed by atoms with E-state index in [9.17, 15) is 0 Å². The van der Waals surface area contributed by atoms with Gasteiger partial charge in [-0.05, 0) is 0 Å². The molecule has 0 atom stereocenters. The van der Waals surface area contributed by atoms with E-state index < -0.39 is 0 Å². The number of rotatable bonds is 0. The van der Waals surface area contributed by atoms with Crippen LogP contribution in [-0.4, -0.2) is 18.4 Å². The van der Waals surface area contributed by atoms with Gasteiger partial charge in [-0.1, -0.05) is 0 Å². The quantitative estimate of drug-likeness (QED) is 0.394. The fraction of sp³-hybridized carbons (Fsp3) is 0.500. The molecule has 0 aliphatic heterocycles. The summed E-state index contributed by atoms with van der Waals surface area (Å²) in [4.78, 5) is 16.2. The normalized spacial score (nSPS) is 2.33. The summed E-state index contributed by atoms with van der Waals surface area (Å²) in [7, 11) is 1.00. The standard InChI is InChI=1S/CO2.CH4O.N/c2-1-3;1-2;/h;2H,1H3;. The number of hydrogen-bond donors (Lipinski definition) is 1. The number of hydrogen-bond acceptors (Lipinski definition) is 3. The highest BCUT2D eigenvalue weighted by atomic mass is 16.2. The van der Waals surface area contributed by atoms with Crippen LogP contribution in [0, 0.1) is 0 Å². The lowest BCUT2D eigenvalue weighted by atomic mass is 11.8. The lowest BCUT2D eigenvalue weighted by Crippen LogP contribution is -1.25. The lowest BCUT2D eigenvalue weighted by Gasteiger charge is -1.21. The first-order valence-electron chi connectivity index (χ1n) is 0.855. The minimum Gasteiger partial charge on any atom is -0.400 e. The van der Waals surface area contributed by atoms with Gasteiger partial charge in [-0.25, -0.2) is 0 Å². The molecule has 0 aliphatic carbocycles. The van der Waals surface area contributed by atoms with Gasteiger partial charge in [0.15, 0.2) is 0 Å². The van der Waals surface area contributed by atoms with Gasteiger partial charge in [-0.15, -0.1) is 0 Å². The SMILES string of the molecule is CO.O=C=O.[N]. The maximum Gasteiger partial charge on any atom is 0.373 e. The predicted octanol–water partition coefficient (Wildman–Crippen LogP) is -1.46. The average Bonchev–Trinajstić information content (AvgIpc) is 1.46. The minimum absolute atomic E-state index is 0. The highest BCUT2D eigenvalue weighted by molar-refractivity contribution is 5.20. The Morgan fingerprint density at radius 3 is 1.33 bits per heavy atom. The van der Waals surface area contributed by atoms with Gasteiger partial charge in [0.25, 0.3) is 0 Å². The summed E-state index contributed by atoms with van der Waals surface area (Å²) < 4.78 is 0. The summed E-state index contributed by atoms with van der Waals surface area (Å²) in [5.74, 6) is 0. The van der Waals surface area contributed by atoms with Crippen LogP contribution in [0.1, 0.15) is 0 Å². The van der Waals surface area contributed by atoms with Crippen LogP contribution in [0.2, 0.25) is 0 Å². The summed E-state index contributed by atoms with van der Waals surface area (Å²) >= 11 is 0. The van der Waals surface area contributed by atoms with E-state index in [2.05, 4.69) is 0 Å². The third kappa shape index (κ3) is 35.6. The molecule has 0 saturated carbocycles. The topological polar surface area (TPSA) is 84.9 Å². The van der Waals surface area contributed by atoms with Crippen LogP contribution in [0.4, 0.5) is 0 Å². The van der Waals surface area contributed by atoms with Gasteiger partial charge >= 0.3 is 6.15 Å². The Bertz CT molecular complexity index is 29.8. The highest BCUT2D eigenvalue weighted by Gasteiger charge is 1.13. The molecule has 4 nitrogen and oxygen atoms in total. The smallest absolute Gasteiger partial charge is 0.373 e. The molecule has 3 radical (unpaired) electrons. The molecule has 0 rings (SSSR count). The van der Waals surface area contributed by atoms with Crippen molar-refractivity contribution in [1.29, 1.82) is 0 Å². The third-order valence-electron chi connectivity index (χ3n) is 0. The van der Waals surface area contributed by atoms with Gasteiger partial charge in [-0.3, -0.25) is 0 Å². The van der Waals surface area contributed by atoms with Crippen molar-refractivity contribution in [2.24, 2.45) is 0 Å². The monoisotopic (exact) mass is 90.0 g/mol. The van der Waals surface area contributed by atoms with Gasteiger partial charge in [0.05, 0.1) is 0 Å². The number of aliphatic hydroxyl groups excluding tert-OH is 1. The number of nitrogens with zero attached hydrogens (tertiary/aromatic N) is 1. The molecule has 0 bridgehead atoms. The predicted molar refractivity (Wildman–Crippen MR) is 15.3 cm³/mol. The second-order valence-corrected chi connectivity index (χ2v) is 0.0833. The zero-order valence-corrected chi connectivity index (χ0v) is 3.21. The first kappa shape index (κ1) is 18.5. The van der Waals surface area contributed by atoms with Gasteiger partial charge in [0, 0.05) is 13.3 Å². The van der Waals surface area contributed by atoms with E-state index in [1.807, 2.05) is 0 Å². The Hall–Kier alpha value is -0.700. The van der Waals surface area contributed by atoms with Crippen LogP contribution < -0.4 is 6.15 Å². The van der Waals surface area contributed by atoms with Crippen molar-refractivity contribution < 1.29 is 14.7 Å². The Balaban J connectivity index is -0.0000000275. The van der Waals surface area contributed by atoms with Crippen LogP contribution in [0.5, 0.6) is 0 Å². The molecule has 1 N–H and O–H groups in total. The maximum absolute atomic E-state index is 8.12. The Kier molecular flexibility index (Phi) is 1610. The van der Waals surface area contributed by atoms with Crippen LogP contribution in [0.15, 0.2) is 0 Å². The molecule has 0 heterocycles. The van der Waals surface area contributed by atoms with Crippen molar-refractivity contribution in [3.05, 3.63) is 0 Å². The van der Waals surface area contributed by atoms with Gasteiger partial charge in [0.2, 0.25) is 0 Å². The average molecular weight is 90.1 g/mol. The van der Waals surface area contributed by atoms with Crippen molar-refractivity contribution in [2.75, 3.05) is 7.11 Å². The van der Waals surface area contributed by atoms with Crippen LogP contribution in [0.3, 0.4) is 0 Å². The number of carbonyl (C=O) groups excluding carboxylic acids is 2. The molecule has 0 unspecified atom stereocenters. The van der Waals surface area contributed by atoms with Crippen LogP contribution >= 0.6 is 0 Å². The molecular formula is C2H4NO3. The van der Waals surface area contributed by atoms with E-state index in [0.29, 0.717) is 0 Å². The molecule has 4 heteroatoms. The largest absolute Gasteiger partial charge is 0.400 e. The molecule has 0 aromatic rings. The summed E-state index contributed by atoms with van der Waals surface area (Å²) in [6.07, 6.45) is 0.250. The molecule has 6 heavy (non-hydrogen) atoms. The van der Waals surface area contributed by atoms with E-state index in [4.69, 9.17) is 14.7 Å². The fourth-order valence-corrected chi connectivity index (χ4v) is 0. The van der Waals surface area contributed by atoms with E-state index >= 15 is 0 Å². The van der Waals surface area contributed by atoms with Crippen molar-refractivity contribution in [3.63, 3.8) is 0 Å². The van der Waals surface area contributed by atoms with E-state index in [1.165, 1.54) is 0 Å². The maximum atomic E-state index is 8.12. The first-order valence-corrected chi connectivity index (χ1v) is 0.855. The summed E-state index contributed by atoms with van der Waals surface area (Å²) in [6, 6.07) is 0. The summed E-state index contributed by atoms with van der Waals surface area (Å²) in [5.41, 5.74) is 0. The van der Waals surface area contributed by atoms with Crippen molar-refractivity contribution in [1.82, 2.24) is 6.15 Å². The van der Waals surface area contributed by atoms with Crippen LogP contribution in [0.25, 0.3) is 0 Å². The molecule has 0 aromatic heterocycles. The van der Waals surface area contributed by atoms with E-state index in [1.54, 1.807) is 0 Å². The Morgan fingerprint density at radius 2 is 1.33 bits per heavy atom. The Labute approximate surface area is 35.4 Å². The van der Waals surface area contributed by atoms with E-state index in [-0.39, 0.29) is 12.3 Å². The van der Waals surface area contributed by atoms with Crippen molar-refractivity contribution in [2.45, 2.75) is 0 Å². The molecule has 0 spiro atoms. The third-order valence-corrected chi connectivity index (χ3v) is 0. The molecule has 0 saturated heterocycles. The second-order valence-electron chi connectivity index (χ2n) is 0.0833. The van der Waals surface area contributed by atoms with Gasteiger partial charge < -0.3 is 5.11 Å². The van der Waals surface area contributed by atoms with Crippen molar-refractivity contribution >= 4 is 6.15 Å². The second kappa shape index (κ2) is 520. The molecule has 35 valence electrons. The molecular weight excluding hydrogens is 86.0 g/mol. The zero-order chi connectivity index (χ0) is 4.71. The molecule has 0 aromatic carbocycles. The number of aliphatic hydroxyl groups is 1. The van der Waals surface area contributed by atoms with Gasteiger partial charge in [0.1, 0.15) is 0 Å². The zero-order valence-electron chi connectivity index (χ0n) is 3.21. The van der Waals surface area contributed by atoms with Crippen molar-refractivity contribution in [3.8, 4) is 0 Å². The summed E-state index contributed by atoms with van der Waals surface area (Å²) in [5, 5.41) is 7.00. The molecule has 0 aliphatic rings. The lowest BCUT2D eigenvalue weighted by molar-refractivity contribution is -0.191.